The molecule has 2 saturated heterocycles. The van der Waals surface area contributed by atoms with Crippen LogP contribution in [0.3, 0.4) is 0 Å². The summed E-state index contributed by atoms with van der Waals surface area (Å²) in [6.07, 6.45) is 4.52. The van der Waals surface area contributed by atoms with Gasteiger partial charge in [-0.2, -0.15) is 0 Å². The maximum absolute atomic E-state index is 12.1. The quantitative estimate of drug-likeness (QED) is 0.740. The number of rotatable bonds is 1. The first-order valence-electron chi connectivity index (χ1n) is 6.00. The maximum Gasteiger partial charge on any atom is 0.228 e. The second kappa shape index (κ2) is 4.00. The van der Waals surface area contributed by atoms with Gasteiger partial charge in [0.1, 0.15) is 5.82 Å². The number of nitrogens with one attached hydrogen (secondary N) is 1. The van der Waals surface area contributed by atoms with Crippen LogP contribution < -0.4 is 16.0 Å². The molecule has 0 aromatic carbocycles. The average Bonchev–Trinajstić information content (AvgIpc) is 2.67. The lowest BCUT2D eigenvalue weighted by atomic mass is 10.1. The van der Waals surface area contributed by atoms with Crippen molar-refractivity contribution >= 4 is 17.4 Å². The van der Waals surface area contributed by atoms with Gasteiger partial charge in [-0.3, -0.25) is 4.79 Å². The van der Waals surface area contributed by atoms with Gasteiger partial charge in [-0.05, 0) is 25.0 Å². The molecule has 17 heavy (non-hydrogen) atoms. The van der Waals surface area contributed by atoms with E-state index in [4.69, 9.17) is 5.73 Å². The smallest absolute Gasteiger partial charge is 0.228 e. The van der Waals surface area contributed by atoms with Crippen LogP contribution >= 0.6 is 0 Å². The van der Waals surface area contributed by atoms with Crippen LogP contribution in [-0.4, -0.2) is 29.5 Å². The molecule has 0 saturated carbocycles. The highest BCUT2D eigenvalue weighted by Gasteiger charge is 2.33. The number of hydrogen-bond donors (Lipinski definition) is 2. The van der Waals surface area contributed by atoms with Gasteiger partial charge < -0.3 is 16.0 Å². The maximum atomic E-state index is 12.1. The Hall–Kier alpha value is -1.62. The molecule has 0 aliphatic carbocycles. The van der Waals surface area contributed by atoms with Crippen molar-refractivity contribution in [2.24, 2.45) is 0 Å². The van der Waals surface area contributed by atoms with Crippen LogP contribution in [0.15, 0.2) is 18.3 Å². The Labute approximate surface area is 100 Å². The highest BCUT2D eigenvalue weighted by molar-refractivity contribution is 5.94. The van der Waals surface area contributed by atoms with Crippen LogP contribution in [0.25, 0.3) is 0 Å². The third-order valence-electron chi connectivity index (χ3n) is 3.54. The van der Waals surface area contributed by atoms with Gasteiger partial charge in [-0.1, -0.05) is 0 Å². The highest BCUT2D eigenvalue weighted by Crippen LogP contribution is 2.25. The molecule has 1 aromatic rings. The molecule has 2 atom stereocenters. The van der Waals surface area contributed by atoms with Gasteiger partial charge in [-0.25, -0.2) is 4.98 Å². The van der Waals surface area contributed by atoms with Crippen LogP contribution in [0.4, 0.5) is 11.5 Å². The molecule has 2 bridgehead atoms. The first-order chi connectivity index (χ1) is 8.22. The molecule has 90 valence electrons. The zero-order chi connectivity index (χ0) is 11.8. The van der Waals surface area contributed by atoms with Crippen molar-refractivity contribution in [1.29, 1.82) is 0 Å². The van der Waals surface area contributed by atoms with Gasteiger partial charge in [0, 0.05) is 25.0 Å². The minimum absolute atomic E-state index is 0.177. The van der Waals surface area contributed by atoms with E-state index in [-0.39, 0.29) is 5.91 Å². The average molecular weight is 232 g/mol. The predicted molar refractivity (Wildman–Crippen MR) is 65.6 cm³/mol. The Kier molecular flexibility index (Phi) is 2.48. The predicted octanol–water partition coefficient (Wildman–Crippen LogP) is 0.521. The van der Waals surface area contributed by atoms with E-state index < -0.39 is 0 Å². The summed E-state index contributed by atoms with van der Waals surface area (Å²) in [5.41, 5.74) is 6.40. The Balaban J connectivity index is 1.86. The number of carbonyl (C=O) groups is 1. The van der Waals surface area contributed by atoms with Crippen LogP contribution in [-0.2, 0) is 4.79 Å². The van der Waals surface area contributed by atoms with E-state index >= 15 is 0 Å². The van der Waals surface area contributed by atoms with Gasteiger partial charge in [0.25, 0.3) is 0 Å². The van der Waals surface area contributed by atoms with Gasteiger partial charge >= 0.3 is 0 Å². The molecule has 1 aromatic heterocycles. The molecule has 2 unspecified atom stereocenters. The zero-order valence-corrected chi connectivity index (χ0v) is 9.60. The third-order valence-corrected chi connectivity index (χ3v) is 3.54. The van der Waals surface area contributed by atoms with E-state index in [1.807, 2.05) is 11.0 Å². The summed E-state index contributed by atoms with van der Waals surface area (Å²) in [5.74, 6) is 0.659. The SMILES string of the molecule is Nc1ccc(N2CC3CCC(CC2=O)N3)cn1. The molecule has 0 radical (unpaired) electrons. The minimum atomic E-state index is 0.177. The van der Waals surface area contributed by atoms with Crippen molar-refractivity contribution in [3.05, 3.63) is 18.3 Å². The van der Waals surface area contributed by atoms with Gasteiger partial charge in [-0.15, -0.1) is 0 Å². The molecular formula is C12H16N4O. The Bertz CT molecular complexity index is 431. The fraction of sp³-hybridized carbons (Fsp3) is 0.500. The number of aromatic nitrogens is 1. The lowest BCUT2D eigenvalue weighted by Crippen LogP contribution is -2.37. The molecule has 3 heterocycles. The summed E-state index contributed by atoms with van der Waals surface area (Å²) >= 11 is 0. The van der Waals surface area contributed by atoms with E-state index in [1.54, 1.807) is 12.3 Å². The second-order valence-corrected chi connectivity index (χ2v) is 4.79. The van der Waals surface area contributed by atoms with Gasteiger partial charge in [0.2, 0.25) is 5.91 Å². The standard InChI is InChI=1S/C12H16N4O/c13-11-4-3-10(6-14-11)16-7-9-2-1-8(15-9)5-12(16)17/h3-4,6,8-9,15H,1-2,5,7H2,(H2,13,14). The lowest BCUT2D eigenvalue weighted by Gasteiger charge is -2.24. The van der Waals surface area contributed by atoms with Crippen LogP contribution in [0, 0.1) is 0 Å². The third kappa shape index (κ3) is 1.98. The number of anilines is 2. The molecule has 0 spiro atoms. The monoisotopic (exact) mass is 232 g/mol. The number of nitrogens with zero attached hydrogens (tertiary/aromatic N) is 2. The normalized spacial score (nSPS) is 28.2. The van der Waals surface area contributed by atoms with E-state index in [2.05, 4.69) is 10.3 Å². The van der Waals surface area contributed by atoms with Crippen molar-refractivity contribution in [2.75, 3.05) is 17.2 Å². The summed E-state index contributed by atoms with van der Waals surface area (Å²) in [5, 5.41) is 3.49. The van der Waals surface area contributed by atoms with E-state index in [0.29, 0.717) is 24.3 Å². The Morgan fingerprint density at radius 2 is 2.18 bits per heavy atom. The first kappa shape index (κ1) is 10.5. The van der Waals surface area contributed by atoms with Crippen molar-refractivity contribution in [3.8, 4) is 0 Å². The number of amides is 1. The Morgan fingerprint density at radius 3 is 2.94 bits per heavy atom. The van der Waals surface area contributed by atoms with Crippen molar-refractivity contribution in [1.82, 2.24) is 10.3 Å². The van der Waals surface area contributed by atoms with Gasteiger partial charge in [0.05, 0.1) is 11.9 Å². The van der Waals surface area contributed by atoms with Crippen LogP contribution in [0.2, 0.25) is 0 Å². The topological polar surface area (TPSA) is 71.2 Å². The van der Waals surface area contributed by atoms with E-state index in [0.717, 1.165) is 25.1 Å². The molecule has 1 amide bonds. The Morgan fingerprint density at radius 1 is 1.35 bits per heavy atom. The molecule has 3 N–H and O–H groups in total. The van der Waals surface area contributed by atoms with Crippen molar-refractivity contribution in [3.63, 3.8) is 0 Å². The molecular weight excluding hydrogens is 216 g/mol. The largest absolute Gasteiger partial charge is 0.384 e. The summed E-state index contributed by atoms with van der Waals surface area (Å²) in [7, 11) is 0. The van der Waals surface area contributed by atoms with E-state index in [1.165, 1.54) is 0 Å². The molecule has 2 aliphatic rings. The number of nitrogen functional groups attached to an aromatic ring is 1. The summed E-state index contributed by atoms with van der Waals surface area (Å²) < 4.78 is 0. The molecule has 2 aliphatic heterocycles. The summed E-state index contributed by atoms with van der Waals surface area (Å²) in [6.45, 7) is 0.737. The molecule has 3 rings (SSSR count). The fourth-order valence-electron chi connectivity index (χ4n) is 2.66. The number of carbonyl (C=O) groups excluding carboxylic acids is 1. The minimum Gasteiger partial charge on any atom is -0.384 e. The number of fused-ring (bicyclic) bond motifs is 2. The summed E-state index contributed by atoms with van der Waals surface area (Å²) in [4.78, 5) is 18.0. The van der Waals surface area contributed by atoms with Crippen LogP contribution in [0.5, 0.6) is 0 Å². The number of pyridine rings is 1. The van der Waals surface area contributed by atoms with Gasteiger partial charge in [0.15, 0.2) is 0 Å². The number of nitrogens with two attached hydrogens (primary N) is 1. The first-order valence-corrected chi connectivity index (χ1v) is 6.00. The zero-order valence-electron chi connectivity index (χ0n) is 9.60. The summed E-state index contributed by atoms with van der Waals surface area (Å²) in [6, 6.07) is 4.38. The van der Waals surface area contributed by atoms with Crippen molar-refractivity contribution in [2.45, 2.75) is 31.3 Å². The molecule has 5 heteroatoms. The fourth-order valence-corrected chi connectivity index (χ4v) is 2.66. The second-order valence-electron chi connectivity index (χ2n) is 4.79. The van der Waals surface area contributed by atoms with E-state index in [9.17, 15) is 4.79 Å². The van der Waals surface area contributed by atoms with Crippen molar-refractivity contribution < 1.29 is 4.79 Å². The molecule has 5 nitrogen and oxygen atoms in total. The highest BCUT2D eigenvalue weighted by atomic mass is 16.2. The lowest BCUT2D eigenvalue weighted by molar-refractivity contribution is -0.118. The number of hydrogen-bond acceptors (Lipinski definition) is 4. The molecule has 2 fully saturated rings. The van der Waals surface area contributed by atoms with Crippen LogP contribution in [0.1, 0.15) is 19.3 Å².